The summed E-state index contributed by atoms with van der Waals surface area (Å²) in [4.78, 5) is 6.79. The summed E-state index contributed by atoms with van der Waals surface area (Å²) in [7, 11) is 2.24. The average molecular weight is 233 g/mol. The summed E-state index contributed by atoms with van der Waals surface area (Å²) in [5, 5.41) is 3.39. The van der Waals surface area contributed by atoms with Crippen molar-refractivity contribution in [2.75, 3.05) is 25.5 Å². The Morgan fingerprint density at radius 1 is 1.41 bits per heavy atom. The minimum absolute atomic E-state index is 0.808. The van der Waals surface area contributed by atoms with E-state index < -0.39 is 0 Å². The van der Waals surface area contributed by atoms with Gasteiger partial charge in [-0.25, -0.2) is 4.98 Å². The van der Waals surface area contributed by atoms with E-state index in [9.17, 15) is 0 Å². The Labute approximate surface area is 104 Å². The van der Waals surface area contributed by atoms with Crippen LogP contribution in [0.3, 0.4) is 0 Å². The zero-order valence-corrected chi connectivity index (χ0v) is 10.9. The van der Waals surface area contributed by atoms with Crippen molar-refractivity contribution in [2.45, 2.75) is 38.6 Å². The molecule has 0 amide bonds. The summed E-state index contributed by atoms with van der Waals surface area (Å²) in [6.45, 7) is 4.17. The SMILES string of the molecule is Cc1ccnc(NCCN(C)C2CCCC2)c1. The van der Waals surface area contributed by atoms with E-state index in [4.69, 9.17) is 0 Å². The zero-order valence-electron chi connectivity index (χ0n) is 10.9. The van der Waals surface area contributed by atoms with E-state index in [1.807, 2.05) is 12.3 Å². The molecule has 0 aliphatic heterocycles. The van der Waals surface area contributed by atoms with Crippen LogP contribution in [0, 0.1) is 6.92 Å². The van der Waals surface area contributed by atoms with Gasteiger partial charge in [-0.2, -0.15) is 0 Å². The molecule has 1 aromatic heterocycles. The van der Waals surface area contributed by atoms with Crippen LogP contribution >= 0.6 is 0 Å². The number of anilines is 1. The molecule has 0 spiro atoms. The molecule has 2 rings (SSSR count). The molecule has 94 valence electrons. The highest BCUT2D eigenvalue weighted by atomic mass is 15.1. The van der Waals surface area contributed by atoms with E-state index in [0.717, 1.165) is 24.9 Å². The molecule has 1 aliphatic rings. The second-order valence-electron chi connectivity index (χ2n) is 5.06. The van der Waals surface area contributed by atoms with Gasteiger partial charge in [0.05, 0.1) is 0 Å². The molecule has 0 radical (unpaired) electrons. The molecule has 17 heavy (non-hydrogen) atoms. The predicted molar refractivity (Wildman–Crippen MR) is 72.3 cm³/mol. The molecule has 1 N–H and O–H groups in total. The molecule has 3 nitrogen and oxygen atoms in total. The van der Waals surface area contributed by atoms with Gasteiger partial charge in [0, 0.05) is 25.3 Å². The largest absolute Gasteiger partial charge is 0.369 e. The third-order valence-corrected chi connectivity index (χ3v) is 3.63. The lowest BCUT2D eigenvalue weighted by Gasteiger charge is -2.24. The average Bonchev–Trinajstić information content (AvgIpc) is 2.82. The molecular weight excluding hydrogens is 210 g/mol. The quantitative estimate of drug-likeness (QED) is 0.847. The van der Waals surface area contributed by atoms with Crippen molar-refractivity contribution < 1.29 is 0 Å². The molecule has 0 unspecified atom stereocenters. The number of likely N-dealkylation sites (N-methyl/N-ethyl adjacent to an activating group) is 1. The summed E-state index contributed by atoms with van der Waals surface area (Å²) >= 11 is 0. The maximum Gasteiger partial charge on any atom is 0.126 e. The number of pyridine rings is 1. The molecule has 1 fully saturated rings. The van der Waals surface area contributed by atoms with Crippen LogP contribution in [0.4, 0.5) is 5.82 Å². The fourth-order valence-corrected chi connectivity index (χ4v) is 2.52. The fraction of sp³-hybridized carbons (Fsp3) is 0.643. The minimum Gasteiger partial charge on any atom is -0.369 e. The van der Waals surface area contributed by atoms with Gasteiger partial charge >= 0.3 is 0 Å². The Kier molecular flexibility index (Phi) is 4.37. The summed E-state index contributed by atoms with van der Waals surface area (Å²) in [5.74, 6) is 0.991. The standard InChI is InChI=1S/C14H23N3/c1-12-7-8-15-14(11-12)16-9-10-17(2)13-5-3-4-6-13/h7-8,11,13H,3-6,9-10H2,1-2H3,(H,15,16). The minimum atomic E-state index is 0.808. The van der Waals surface area contributed by atoms with Crippen LogP contribution in [0.25, 0.3) is 0 Å². The van der Waals surface area contributed by atoms with Gasteiger partial charge in [-0.05, 0) is 44.5 Å². The number of nitrogens with one attached hydrogen (secondary N) is 1. The number of hydrogen-bond donors (Lipinski definition) is 1. The van der Waals surface area contributed by atoms with Crippen molar-refractivity contribution in [3.05, 3.63) is 23.9 Å². The van der Waals surface area contributed by atoms with Crippen LogP contribution in [0.5, 0.6) is 0 Å². The number of aryl methyl sites for hydroxylation is 1. The maximum absolute atomic E-state index is 4.30. The van der Waals surface area contributed by atoms with Crippen molar-refractivity contribution in [3.8, 4) is 0 Å². The van der Waals surface area contributed by atoms with Crippen molar-refractivity contribution in [1.29, 1.82) is 0 Å². The second kappa shape index (κ2) is 6.01. The summed E-state index contributed by atoms with van der Waals surface area (Å²) < 4.78 is 0. The summed E-state index contributed by atoms with van der Waals surface area (Å²) in [6, 6.07) is 4.92. The van der Waals surface area contributed by atoms with Crippen LogP contribution in [-0.2, 0) is 0 Å². The van der Waals surface area contributed by atoms with Gasteiger partial charge in [0.25, 0.3) is 0 Å². The molecule has 0 bridgehead atoms. The van der Waals surface area contributed by atoms with Gasteiger partial charge < -0.3 is 10.2 Å². The van der Waals surface area contributed by atoms with E-state index in [-0.39, 0.29) is 0 Å². The van der Waals surface area contributed by atoms with E-state index in [1.54, 1.807) is 0 Å². The van der Waals surface area contributed by atoms with Gasteiger partial charge in [-0.3, -0.25) is 0 Å². The molecule has 1 saturated carbocycles. The number of nitrogens with zero attached hydrogens (tertiary/aromatic N) is 2. The molecule has 1 heterocycles. The first kappa shape index (κ1) is 12.4. The lowest BCUT2D eigenvalue weighted by Crippen LogP contribution is -2.33. The first-order valence-electron chi connectivity index (χ1n) is 6.62. The van der Waals surface area contributed by atoms with Gasteiger partial charge in [-0.1, -0.05) is 12.8 Å². The van der Waals surface area contributed by atoms with Crippen LogP contribution < -0.4 is 5.32 Å². The third kappa shape index (κ3) is 3.70. The van der Waals surface area contributed by atoms with Crippen molar-refractivity contribution in [2.24, 2.45) is 0 Å². The zero-order chi connectivity index (χ0) is 12.1. The van der Waals surface area contributed by atoms with Crippen molar-refractivity contribution in [3.63, 3.8) is 0 Å². The van der Waals surface area contributed by atoms with Gasteiger partial charge in [0.15, 0.2) is 0 Å². The van der Waals surface area contributed by atoms with E-state index in [0.29, 0.717) is 0 Å². The van der Waals surface area contributed by atoms with Gasteiger partial charge in [0.2, 0.25) is 0 Å². The monoisotopic (exact) mass is 233 g/mol. The van der Waals surface area contributed by atoms with Crippen LogP contribution in [-0.4, -0.2) is 36.1 Å². The molecular formula is C14H23N3. The highest BCUT2D eigenvalue weighted by molar-refractivity contribution is 5.36. The van der Waals surface area contributed by atoms with Crippen molar-refractivity contribution in [1.82, 2.24) is 9.88 Å². The first-order chi connectivity index (χ1) is 8.25. The number of rotatable bonds is 5. The third-order valence-electron chi connectivity index (χ3n) is 3.63. The number of hydrogen-bond acceptors (Lipinski definition) is 3. The Bertz CT molecular complexity index is 345. The van der Waals surface area contributed by atoms with Crippen LogP contribution in [0.15, 0.2) is 18.3 Å². The summed E-state index contributed by atoms with van der Waals surface area (Å²) in [6.07, 6.45) is 7.42. The smallest absolute Gasteiger partial charge is 0.126 e. The van der Waals surface area contributed by atoms with Crippen molar-refractivity contribution >= 4 is 5.82 Å². The highest BCUT2D eigenvalue weighted by Crippen LogP contribution is 2.21. The van der Waals surface area contributed by atoms with Gasteiger partial charge in [0.1, 0.15) is 5.82 Å². The molecule has 0 aromatic carbocycles. The number of aromatic nitrogens is 1. The molecule has 1 aromatic rings. The lowest BCUT2D eigenvalue weighted by molar-refractivity contribution is 0.254. The highest BCUT2D eigenvalue weighted by Gasteiger charge is 2.18. The Balaban J connectivity index is 1.71. The Hall–Kier alpha value is -1.09. The van der Waals surface area contributed by atoms with E-state index in [1.165, 1.54) is 31.2 Å². The van der Waals surface area contributed by atoms with Crippen LogP contribution in [0.2, 0.25) is 0 Å². The Morgan fingerprint density at radius 3 is 2.88 bits per heavy atom. The second-order valence-corrected chi connectivity index (χ2v) is 5.06. The molecule has 3 heteroatoms. The van der Waals surface area contributed by atoms with E-state index >= 15 is 0 Å². The predicted octanol–water partition coefficient (Wildman–Crippen LogP) is 2.68. The molecule has 0 atom stereocenters. The first-order valence-corrected chi connectivity index (χ1v) is 6.62. The normalized spacial score (nSPS) is 16.6. The van der Waals surface area contributed by atoms with E-state index in [2.05, 4.69) is 35.2 Å². The molecule has 1 aliphatic carbocycles. The van der Waals surface area contributed by atoms with Crippen LogP contribution in [0.1, 0.15) is 31.2 Å². The molecule has 0 saturated heterocycles. The Morgan fingerprint density at radius 2 is 2.18 bits per heavy atom. The fourth-order valence-electron chi connectivity index (χ4n) is 2.52. The maximum atomic E-state index is 4.30. The van der Waals surface area contributed by atoms with Gasteiger partial charge in [-0.15, -0.1) is 0 Å². The topological polar surface area (TPSA) is 28.2 Å². The summed E-state index contributed by atoms with van der Waals surface area (Å²) in [5.41, 5.74) is 1.26. The lowest BCUT2D eigenvalue weighted by atomic mass is 10.2.